The Morgan fingerprint density at radius 2 is 1.91 bits per heavy atom. The molecule has 1 aliphatic heterocycles. The molecular weight excluding hydrogens is 425 g/mol. The van der Waals surface area contributed by atoms with E-state index in [1.165, 1.54) is 18.0 Å². The fraction of sp³-hybridized carbons (Fsp3) is 0.417. The van der Waals surface area contributed by atoms with Crippen LogP contribution in [-0.4, -0.2) is 39.9 Å². The summed E-state index contributed by atoms with van der Waals surface area (Å²) in [4.78, 5) is 22.9. The van der Waals surface area contributed by atoms with Crippen molar-refractivity contribution >= 4 is 35.1 Å². The number of aromatic nitrogens is 2. The van der Waals surface area contributed by atoms with Crippen LogP contribution in [0.25, 0.3) is 5.57 Å². The molecule has 1 amide bonds. The number of fused-ring (bicyclic) bond motifs is 1. The van der Waals surface area contributed by atoms with Crippen LogP contribution in [0.15, 0.2) is 34.5 Å². The number of benzene rings is 1. The van der Waals surface area contributed by atoms with Gasteiger partial charge in [0.2, 0.25) is 0 Å². The van der Waals surface area contributed by atoms with Gasteiger partial charge in [0.05, 0.1) is 17.5 Å². The quantitative estimate of drug-likeness (QED) is 0.279. The Labute approximate surface area is 193 Å². The monoisotopic (exact) mass is 455 g/mol. The zero-order valence-corrected chi connectivity index (χ0v) is 20.3. The van der Waals surface area contributed by atoms with Crippen LogP contribution >= 0.6 is 11.8 Å². The minimum Gasteiger partial charge on any atom is -0.362 e. The van der Waals surface area contributed by atoms with Crippen molar-refractivity contribution in [1.82, 2.24) is 15.4 Å². The summed E-state index contributed by atoms with van der Waals surface area (Å²) < 4.78 is 14.9. The summed E-state index contributed by atoms with van der Waals surface area (Å²) >= 11 is 1.23. The smallest absolute Gasteiger partial charge is 0.250 e. The number of anilines is 1. The summed E-state index contributed by atoms with van der Waals surface area (Å²) in [6.07, 6.45) is 4.53. The number of hydrazone groups is 1. The van der Waals surface area contributed by atoms with E-state index in [0.29, 0.717) is 10.7 Å². The summed E-state index contributed by atoms with van der Waals surface area (Å²) in [5.41, 5.74) is 7.28. The molecule has 1 aromatic heterocycles. The highest BCUT2D eigenvalue weighted by Gasteiger charge is 2.31. The fourth-order valence-electron chi connectivity index (χ4n) is 3.94. The molecular formula is C24H30FN5OS. The molecule has 170 valence electrons. The van der Waals surface area contributed by atoms with E-state index in [1.807, 2.05) is 26.8 Å². The number of halogens is 1. The normalized spacial score (nSPS) is 15.0. The fourth-order valence-corrected chi connectivity index (χ4v) is 4.68. The number of carbonyl (C=O) groups excluding carboxylic acids is 1. The molecule has 1 aliphatic rings. The molecule has 2 heterocycles. The molecule has 32 heavy (non-hydrogen) atoms. The number of thioether (sulfide) groups is 1. The summed E-state index contributed by atoms with van der Waals surface area (Å²) in [7, 11) is 0. The van der Waals surface area contributed by atoms with Gasteiger partial charge >= 0.3 is 0 Å². The Morgan fingerprint density at radius 3 is 2.56 bits per heavy atom. The van der Waals surface area contributed by atoms with E-state index >= 15 is 0 Å². The van der Waals surface area contributed by atoms with Gasteiger partial charge in [0, 0.05) is 34.7 Å². The van der Waals surface area contributed by atoms with Gasteiger partial charge in [-0.05, 0) is 64.8 Å². The third-order valence-corrected chi connectivity index (χ3v) is 6.08. The van der Waals surface area contributed by atoms with Gasteiger partial charge in [-0.2, -0.15) is 5.10 Å². The van der Waals surface area contributed by atoms with Crippen LogP contribution in [0.5, 0.6) is 0 Å². The number of allylic oxidation sites excluding steroid dienone is 1. The maximum absolute atomic E-state index is 14.9. The first-order chi connectivity index (χ1) is 15.1. The number of hydrogen-bond acceptors (Lipinski definition) is 6. The first-order valence-electron chi connectivity index (χ1n) is 10.7. The van der Waals surface area contributed by atoms with Crippen LogP contribution in [-0.2, 0) is 4.79 Å². The first-order valence-corrected chi connectivity index (χ1v) is 11.7. The van der Waals surface area contributed by atoms with Crippen molar-refractivity contribution in [2.75, 3.05) is 17.2 Å². The van der Waals surface area contributed by atoms with Crippen molar-refractivity contribution in [2.24, 2.45) is 5.10 Å². The summed E-state index contributed by atoms with van der Waals surface area (Å²) in [5, 5.41) is 4.50. The minimum atomic E-state index is -0.369. The Balaban J connectivity index is 1.70. The van der Waals surface area contributed by atoms with Crippen LogP contribution in [0.2, 0.25) is 0 Å². The van der Waals surface area contributed by atoms with E-state index in [4.69, 9.17) is 0 Å². The summed E-state index contributed by atoms with van der Waals surface area (Å²) in [6, 6.07) is 5.24. The number of amides is 1. The molecule has 0 unspecified atom stereocenters. The van der Waals surface area contributed by atoms with Gasteiger partial charge in [-0.3, -0.25) is 4.79 Å². The van der Waals surface area contributed by atoms with E-state index in [2.05, 4.69) is 52.2 Å². The zero-order chi connectivity index (χ0) is 23.5. The highest BCUT2D eigenvalue weighted by atomic mass is 32.2. The predicted octanol–water partition coefficient (Wildman–Crippen LogP) is 4.89. The number of nitrogens with zero attached hydrogens (tertiary/aromatic N) is 4. The van der Waals surface area contributed by atoms with E-state index in [9.17, 15) is 9.18 Å². The molecule has 6 nitrogen and oxygen atoms in total. The molecule has 0 spiro atoms. The molecule has 3 rings (SSSR count). The van der Waals surface area contributed by atoms with Crippen molar-refractivity contribution < 1.29 is 9.18 Å². The molecule has 0 bridgehead atoms. The molecule has 0 saturated heterocycles. The molecule has 0 aliphatic carbocycles. The van der Waals surface area contributed by atoms with Crippen molar-refractivity contribution in [2.45, 2.75) is 58.7 Å². The van der Waals surface area contributed by atoms with Crippen LogP contribution in [0.3, 0.4) is 0 Å². The summed E-state index contributed by atoms with van der Waals surface area (Å²) in [5.74, 6) is -0.554. The molecule has 0 atom stereocenters. The van der Waals surface area contributed by atoms with Gasteiger partial charge in [0.1, 0.15) is 5.82 Å². The second kappa shape index (κ2) is 9.81. The second-order valence-electron chi connectivity index (χ2n) is 8.54. The molecule has 8 heteroatoms. The number of carbonyl (C=O) groups is 1. The third-order valence-electron chi connectivity index (χ3n) is 5.23. The van der Waals surface area contributed by atoms with E-state index in [0.717, 1.165) is 41.2 Å². The Morgan fingerprint density at radius 1 is 1.22 bits per heavy atom. The number of hydrogen-bond donors (Lipinski definition) is 1. The lowest BCUT2D eigenvalue weighted by Gasteiger charge is -2.43. The van der Waals surface area contributed by atoms with Gasteiger partial charge in [0.25, 0.3) is 5.91 Å². The lowest BCUT2D eigenvalue weighted by atomic mass is 9.88. The van der Waals surface area contributed by atoms with Crippen molar-refractivity contribution in [3.05, 3.63) is 52.6 Å². The highest BCUT2D eigenvalue weighted by molar-refractivity contribution is 7.99. The molecule has 2 aromatic rings. The van der Waals surface area contributed by atoms with Crippen LogP contribution in [0.4, 0.5) is 10.1 Å². The number of rotatable bonds is 7. The van der Waals surface area contributed by atoms with E-state index in [-0.39, 0.29) is 23.0 Å². The highest BCUT2D eigenvalue weighted by Crippen LogP contribution is 2.39. The molecule has 0 radical (unpaired) electrons. The summed E-state index contributed by atoms with van der Waals surface area (Å²) in [6.45, 7) is 13.0. The van der Waals surface area contributed by atoms with Gasteiger partial charge in [-0.15, -0.1) is 0 Å². The molecule has 1 aromatic carbocycles. The van der Waals surface area contributed by atoms with E-state index < -0.39 is 0 Å². The zero-order valence-electron chi connectivity index (χ0n) is 19.5. The standard InChI is InChI=1S/C24H30FN5OS/c1-7-8-30-21-11-20(25)18(10-19(21)15(2)12-24(30,5)6)13-26-29-22(31)14-32-23-27-16(3)9-17(4)28-23/h9-13H,7-8,14H2,1-6H3,(H,29,31)/b26-13-. The minimum absolute atomic E-state index is 0.121. The average Bonchev–Trinajstić information content (AvgIpc) is 2.69. The topological polar surface area (TPSA) is 70.5 Å². The average molecular weight is 456 g/mol. The van der Waals surface area contributed by atoms with Gasteiger partial charge < -0.3 is 4.90 Å². The van der Waals surface area contributed by atoms with Crippen LogP contribution < -0.4 is 10.3 Å². The van der Waals surface area contributed by atoms with Crippen LogP contribution in [0.1, 0.15) is 56.6 Å². The maximum Gasteiger partial charge on any atom is 0.250 e. The van der Waals surface area contributed by atoms with Gasteiger partial charge in [0.15, 0.2) is 5.16 Å². The van der Waals surface area contributed by atoms with E-state index in [1.54, 1.807) is 12.1 Å². The lowest BCUT2D eigenvalue weighted by molar-refractivity contribution is -0.118. The van der Waals surface area contributed by atoms with Crippen LogP contribution in [0, 0.1) is 19.7 Å². The molecule has 0 saturated carbocycles. The largest absolute Gasteiger partial charge is 0.362 e. The predicted molar refractivity (Wildman–Crippen MR) is 130 cm³/mol. The van der Waals surface area contributed by atoms with Gasteiger partial charge in [-0.25, -0.2) is 19.8 Å². The SMILES string of the molecule is CCCN1c2cc(F)c(/C=N\NC(=O)CSc3nc(C)cc(C)n3)cc2C(C)=CC1(C)C. The second-order valence-corrected chi connectivity index (χ2v) is 9.48. The third kappa shape index (κ3) is 5.54. The first kappa shape index (κ1) is 23.9. The molecule has 1 N–H and O–H groups in total. The Bertz CT molecular complexity index is 1060. The van der Waals surface area contributed by atoms with Crippen molar-refractivity contribution in [3.8, 4) is 0 Å². The Kier molecular flexibility index (Phi) is 7.33. The Hall–Kier alpha value is -2.74. The van der Waals surface area contributed by atoms with Crippen molar-refractivity contribution in [1.29, 1.82) is 0 Å². The van der Waals surface area contributed by atoms with Crippen molar-refractivity contribution in [3.63, 3.8) is 0 Å². The number of aryl methyl sites for hydroxylation is 2. The number of nitrogens with one attached hydrogen (secondary N) is 1. The van der Waals surface area contributed by atoms with Gasteiger partial charge in [-0.1, -0.05) is 24.8 Å². The lowest BCUT2D eigenvalue weighted by Crippen LogP contribution is -2.45. The maximum atomic E-state index is 14.9. The molecule has 0 fully saturated rings.